The summed E-state index contributed by atoms with van der Waals surface area (Å²) in [6.45, 7) is 5.16. The van der Waals surface area contributed by atoms with Gasteiger partial charge in [-0.25, -0.2) is 0 Å². The lowest BCUT2D eigenvalue weighted by Gasteiger charge is -2.32. The zero-order valence-corrected chi connectivity index (χ0v) is 13.0. The molecule has 22 heavy (non-hydrogen) atoms. The van der Waals surface area contributed by atoms with Gasteiger partial charge in [0.1, 0.15) is 5.75 Å². The lowest BCUT2D eigenvalue weighted by molar-refractivity contribution is -0.0262. The van der Waals surface area contributed by atoms with Crippen LogP contribution in [0.2, 0.25) is 0 Å². The number of morpholine rings is 1. The molecule has 1 aromatic carbocycles. The molecule has 0 bridgehead atoms. The molecule has 0 aromatic heterocycles. The quantitative estimate of drug-likeness (QED) is 0.896. The van der Waals surface area contributed by atoms with Gasteiger partial charge in [-0.3, -0.25) is 4.90 Å². The van der Waals surface area contributed by atoms with Crippen LogP contribution >= 0.6 is 0 Å². The van der Waals surface area contributed by atoms with Crippen molar-refractivity contribution in [2.75, 3.05) is 46.6 Å². The second-order valence-electron chi connectivity index (χ2n) is 5.62. The first-order valence-electron chi connectivity index (χ1n) is 7.80. The fourth-order valence-electron chi connectivity index (χ4n) is 2.85. The average molecular weight is 308 g/mol. The van der Waals surface area contributed by atoms with E-state index < -0.39 is 0 Å². The molecule has 122 valence electrons. The second-order valence-corrected chi connectivity index (χ2v) is 5.62. The summed E-state index contributed by atoms with van der Waals surface area (Å²) in [5.74, 6) is 2.40. The molecule has 6 heteroatoms. The maximum absolute atomic E-state index is 5.78. The minimum Gasteiger partial charge on any atom is -0.496 e. The van der Waals surface area contributed by atoms with E-state index in [9.17, 15) is 0 Å². The van der Waals surface area contributed by atoms with Gasteiger partial charge in [-0.15, -0.1) is 0 Å². The van der Waals surface area contributed by atoms with Gasteiger partial charge in [0.05, 0.1) is 33.0 Å². The Balaban J connectivity index is 1.78. The lowest BCUT2D eigenvalue weighted by Crippen LogP contribution is -2.45. The van der Waals surface area contributed by atoms with Crippen LogP contribution in [-0.2, 0) is 11.3 Å². The number of ether oxygens (including phenoxy) is 4. The first-order chi connectivity index (χ1) is 10.8. The van der Waals surface area contributed by atoms with E-state index in [1.54, 1.807) is 7.11 Å². The molecular formula is C16H24N2O4. The Labute approximate surface area is 131 Å². The molecule has 0 saturated carbocycles. The average Bonchev–Trinajstić information content (AvgIpc) is 2.79. The third-order valence-electron chi connectivity index (χ3n) is 4.03. The van der Waals surface area contributed by atoms with Gasteiger partial charge in [0.25, 0.3) is 0 Å². The highest BCUT2D eigenvalue weighted by Gasteiger charge is 2.22. The summed E-state index contributed by atoms with van der Waals surface area (Å²) in [5, 5.41) is 0. The van der Waals surface area contributed by atoms with Crippen LogP contribution in [0, 0.1) is 0 Å². The number of benzene rings is 1. The topological polar surface area (TPSA) is 66.2 Å². The third-order valence-corrected chi connectivity index (χ3v) is 4.03. The smallest absolute Gasteiger partial charge is 0.164 e. The first kappa shape index (κ1) is 15.4. The highest BCUT2D eigenvalue weighted by molar-refractivity contribution is 5.51. The Hall–Kier alpha value is -1.50. The van der Waals surface area contributed by atoms with Crippen molar-refractivity contribution < 1.29 is 18.9 Å². The van der Waals surface area contributed by atoms with Crippen molar-refractivity contribution in [2.45, 2.75) is 19.1 Å². The summed E-state index contributed by atoms with van der Waals surface area (Å²) in [6, 6.07) is 3.96. The molecular weight excluding hydrogens is 284 g/mol. The number of fused-ring (bicyclic) bond motifs is 1. The van der Waals surface area contributed by atoms with Gasteiger partial charge in [0, 0.05) is 44.2 Å². The molecule has 3 rings (SSSR count). The van der Waals surface area contributed by atoms with E-state index >= 15 is 0 Å². The number of hydrogen-bond acceptors (Lipinski definition) is 6. The molecule has 0 amide bonds. The molecule has 1 atom stereocenters. The van der Waals surface area contributed by atoms with E-state index in [4.69, 9.17) is 24.7 Å². The van der Waals surface area contributed by atoms with Crippen LogP contribution in [0.3, 0.4) is 0 Å². The third kappa shape index (κ3) is 3.45. The van der Waals surface area contributed by atoms with Gasteiger partial charge in [-0.2, -0.15) is 0 Å². The standard InChI is InChI=1S/C16H24N2O4/c1-19-14-8-16-15(21-4-2-5-22-16)7-12(14)10-18-3-6-20-13(9-17)11-18/h7-8,13H,2-6,9-11,17H2,1H3/t13-/m1/s1. The lowest BCUT2D eigenvalue weighted by atomic mass is 10.1. The summed E-state index contributed by atoms with van der Waals surface area (Å²) < 4.78 is 22.6. The fraction of sp³-hybridized carbons (Fsp3) is 0.625. The number of methoxy groups -OCH3 is 1. The highest BCUT2D eigenvalue weighted by atomic mass is 16.5. The van der Waals surface area contributed by atoms with Crippen LogP contribution in [0.4, 0.5) is 0 Å². The molecule has 0 radical (unpaired) electrons. The number of nitrogens with zero attached hydrogens (tertiary/aromatic N) is 1. The summed E-state index contributed by atoms with van der Waals surface area (Å²) in [6.07, 6.45) is 1.01. The Kier molecular flexibility index (Phi) is 5.02. The van der Waals surface area contributed by atoms with Crippen molar-refractivity contribution in [3.8, 4) is 17.2 Å². The van der Waals surface area contributed by atoms with Crippen molar-refractivity contribution in [1.29, 1.82) is 0 Å². The maximum Gasteiger partial charge on any atom is 0.164 e. The van der Waals surface area contributed by atoms with Gasteiger partial charge in [-0.1, -0.05) is 0 Å². The molecule has 1 aromatic rings. The van der Waals surface area contributed by atoms with E-state index in [0.29, 0.717) is 26.4 Å². The fourth-order valence-corrected chi connectivity index (χ4v) is 2.85. The Morgan fingerprint density at radius 2 is 2.00 bits per heavy atom. The molecule has 0 aliphatic carbocycles. The molecule has 0 spiro atoms. The molecule has 2 aliphatic heterocycles. The van der Waals surface area contributed by atoms with Crippen molar-refractivity contribution >= 4 is 0 Å². The first-order valence-corrected chi connectivity index (χ1v) is 7.80. The minimum atomic E-state index is 0.111. The largest absolute Gasteiger partial charge is 0.496 e. The normalized spacial score (nSPS) is 22.2. The summed E-state index contributed by atoms with van der Waals surface area (Å²) in [7, 11) is 1.69. The molecule has 2 heterocycles. The van der Waals surface area contributed by atoms with Crippen molar-refractivity contribution in [3.63, 3.8) is 0 Å². The molecule has 6 nitrogen and oxygen atoms in total. The Bertz CT molecular complexity index is 509. The highest BCUT2D eigenvalue weighted by Crippen LogP contribution is 2.37. The number of rotatable bonds is 4. The number of hydrogen-bond donors (Lipinski definition) is 1. The second kappa shape index (κ2) is 7.17. The predicted octanol–water partition coefficient (Wildman–Crippen LogP) is 1.02. The van der Waals surface area contributed by atoms with E-state index in [0.717, 1.165) is 48.9 Å². The van der Waals surface area contributed by atoms with Crippen LogP contribution in [0.25, 0.3) is 0 Å². The van der Waals surface area contributed by atoms with Crippen LogP contribution in [0.1, 0.15) is 12.0 Å². The zero-order valence-electron chi connectivity index (χ0n) is 13.0. The summed E-state index contributed by atoms with van der Waals surface area (Å²) in [5.41, 5.74) is 6.81. The van der Waals surface area contributed by atoms with E-state index in [1.165, 1.54) is 0 Å². The molecule has 2 N–H and O–H groups in total. The monoisotopic (exact) mass is 308 g/mol. The van der Waals surface area contributed by atoms with E-state index in [2.05, 4.69) is 4.90 Å². The zero-order chi connectivity index (χ0) is 15.4. The Morgan fingerprint density at radius 1 is 1.23 bits per heavy atom. The van der Waals surface area contributed by atoms with Gasteiger partial charge in [0.15, 0.2) is 11.5 Å². The molecule has 0 unspecified atom stereocenters. The number of nitrogens with two attached hydrogens (primary N) is 1. The van der Waals surface area contributed by atoms with Crippen LogP contribution in [0.5, 0.6) is 17.2 Å². The van der Waals surface area contributed by atoms with Gasteiger partial charge in [0.2, 0.25) is 0 Å². The van der Waals surface area contributed by atoms with E-state index in [-0.39, 0.29) is 6.10 Å². The SMILES string of the molecule is COc1cc2c(cc1CN1CCO[C@H](CN)C1)OCCCO2. The summed E-state index contributed by atoms with van der Waals surface area (Å²) >= 11 is 0. The van der Waals surface area contributed by atoms with Crippen molar-refractivity contribution in [1.82, 2.24) is 4.90 Å². The van der Waals surface area contributed by atoms with Crippen LogP contribution < -0.4 is 19.9 Å². The van der Waals surface area contributed by atoms with Crippen LogP contribution in [0.15, 0.2) is 12.1 Å². The Morgan fingerprint density at radius 3 is 2.73 bits per heavy atom. The van der Waals surface area contributed by atoms with Gasteiger partial charge in [-0.05, 0) is 6.07 Å². The van der Waals surface area contributed by atoms with Crippen molar-refractivity contribution in [2.24, 2.45) is 5.73 Å². The minimum absolute atomic E-state index is 0.111. The van der Waals surface area contributed by atoms with Gasteiger partial charge >= 0.3 is 0 Å². The predicted molar refractivity (Wildman–Crippen MR) is 82.7 cm³/mol. The van der Waals surface area contributed by atoms with Gasteiger partial charge < -0.3 is 24.7 Å². The maximum atomic E-state index is 5.78. The van der Waals surface area contributed by atoms with Crippen molar-refractivity contribution in [3.05, 3.63) is 17.7 Å². The summed E-state index contributed by atoms with van der Waals surface area (Å²) in [4.78, 5) is 2.34. The molecule has 1 fully saturated rings. The molecule has 1 saturated heterocycles. The molecule has 2 aliphatic rings. The van der Waals surface area contributed by atoms with Crippen LogP contribution in [-0.4, -0.2) is 57.6 Å². The van der Waals surface area contributed by atoms with E-state index in [1.807, 2.05) is 12.1 Å².